The summed E-state index contributed by atoms with van der Waals surface area (Å²) in [7, 11) is 0. The number of thioether (sulfide) groups is 1. The molecule has 1 aromatic heterocycles. The van der Waals surface area contributed by atoms with Crippen molar-refractivity contribution in [1.82, 2.24) is 19.8 Å². The standard InChI is InChI=1S/C24H26F2N4OS/c1-17(31)23(32-24-27-11-2-12-28-24)30-15-13-29(14-16-30)22(18-3-7-20(25)8-4-18)19-5-9-21(26)10-6-19/h2-12,17,22-23,31H,13-16H2,1H3. The molecule has 2 unspecified atom stereocenters. The normalized spacial score (nSPS) is 17.4. The van der Waals surface area contributed by atoms with Gasteiger partial charge < -0.3 is 5.11 Å². The first kappa shape index (κ1) is 22.8. The molecule has 2 aromatic carbocycles. The number of halogens is 2. The topological polar surface area (TPSA) is 52.5 Å². The maximum Gasteiger partial charge on any atom is 0.189 e. The van der Waals surface area contributed by atoms with Crippen LogP contribution >= 0.6 is 11.8 Å². The van der Waals surface area contributed by atoms with Crippen LogP contribution in [0.4, 0.5) is 8.78 Å². The lowest BCUT2D eigenvalue weighted by Crippen LogP contribution is -2.52. The summed E-state index contributed by atoms with van der Waals surface area (Å²) in [5, 5.41) is 10.9. The van der Waals surface area contributed by atoms with Gasteiger partial charge in [-0.25, -0.2) is 18.7 Å². The van der Waals surface area contributed by atoms with Crippen molar-refractivity contribution in [2.45, 2.75) is 29.6 Å². The first-order chi connectivity index (χ1) is 15.5. The zero-order valence-electron chi connectivity index (χ0n) is 17.8. The summed E-state index contributed by atoms with van der Waals surface area (Å²) in [6.07, 6.45) is 2.84. The van der Waals surface area contributed by atoms with E-state index < -0.39 is 6.10 Å². The molecule has 1 N–H and O–H groups in total. The van der Waals surface area contributed by atoms with Crippen LogP contribution in [0.5, 0.6) is 0 Å². The van der Waals surface area contributed by atoms with Crippen LogP contribution in [0.1, 0.15) is 24.1 Å². The Labute approximate surface area is 191 Å². The highest BCUT2D eigenvalue weighted by Gasteiger charge is 2.32. The second kappa shape index (κ2) is 10.5. The molecule has 4 rings (SSSR count). The number of hydrogen-bond donors (Lipinski definition) is 1. The van der Waals surface area contributed by atoms with Crippen LogP contribution in [0.2, 0.25) is 0 Å². The molecule has 1 aliphatic rings. The number of aliphatic hydroxyl groups is 1. The molecule has 0 amide bonds. The molecule has 1 fully saturated rings. The van der Waals surface area contributed by atoms with Gasteiger partial charge in [0.15, 0.2) is 5.16 Å². The Kier molecular flexibility index (Phi) is 7.47. The monoisotopic (exact) mass is 456 g/mol. The van der Waals surface area contributed by atoms with E-state index in [9.17, 15) is 13.9 Å². The minimum absolute atomic E-state index is 0.103. The van der Waals surface area contributed by atoms with Crippen LogP contribution in [0.3, 0.4) is 0 Å². The maximum absolute atomic E-state index is 13.5. The lowest BCUT2D eigenvalue weighted by molar-refractivity contribution is 0.0554. The molecule has 0 saturated carbocycles. The van der Waals surface area contributed by atoms with Gasteiger partial charge in [-0.1, -0.05) is 36.0 Å². The van der Waals surface area contributed by atoms with E-state index in [0.29, 0.717) is 5.16 Å². The van der Waals surface area contributed by atoms with E-state index >= 15 is 0 Å². The summed E-state index contributed by atoms with van der Waals surface area (Å²) in [5.74, 6) is -0.562. The molecule has 32 heavy (non-hydrogen) atoms. The van der Waals surface area contributed by atoms with Crippen molar-refractivity contribution in [3.63, 3.8) is 0 Å². The summed E-state index contributed by atoms with van der Waals surface area (Å²) >= 11 is 1.46. The third-order valence-electron chi connectivity index (χ3n) is 5.63. The number of rotatable bonds is 7. The fourth-order valence-electron chi connectivity index (χ4n) is 4.09. The fourth-order valence-corrected chi connectivity index (χ4v) is 5.10. The van der Waals surface area contributed by atoms with E-state index in [4.69, 9.17) is 0 Å². The van der Waals surface area contributed by atoms with Gasteiger partial charge in [-0.3, -0.25) is 9.80 Å². The Morgan fingerprint density at radius 1 is 0.812 bits per heavy atom. The smallest absolute Gasteiger partial charge is 0.189 e. The van der Waals surface area contributed by atoms with E-state index in [1.54, 1.807) is 49.6 Å². The van der Waals surface area contributed by atoms with Crippen LogP contribution in [0.15, 0.2) is 72.1 Å². The van der Waals surface area contributed by atoms with Crippen LogP contribution in [-0.2, 0) is 0 Å². The van der Waals surface area contributed by atoms with E-state index in [1.165, 1.54) is 36.0 Å². The van der Waals surface area contributed by atoms with E-state index in [2.05, 4.69) is 19.8 Å². The molecule has 8 heteroatoms. The third kappa shape index (κ3) is 5.50. The second-order valence-corrected chi connectivity index (χ2v) is 8.94. The van der Waals surface area contributed by atoms with Gasteiger partial charge in [0.2, 0.25) is 0 Å². The van der Waals surface area contributed by atoms with Gasteiger partial charge >= 0.3 is 0 Å². The van der Waals surface area contributed by atoms with E-state index in [0.717, 1.165) is 37.3 Å². The highest BCUT2D eigenvalue weighted by atomic mass is 32.2. The van der Waals surface area contributed by atoms with E-state index in [1.807, 2.05) is 0 Å². The first-order valence-corrected chi connectivity index (χ1v) is 11.5. The van der Waals surface area contributed by atoms with E-state index in [-0.39, 0.29) is 23.1 Å². The van der Waals surface area contributed by atoms with Crippen molar-refractivity contribution in [2.75, 3.05) is 26.2 Å². The number of aromatic nitrogens is 2. The van der Waals surface area contributed by atoms with Gasteiger partial charge in [0, 0.05) is 38.6 Å². The average molecular weight is 457 g/mol. The Bertz CT molecular complexity index is 936. The van der Waals surface area contributed by atoms with Gasteiger partial charge in [0.1, 0.15) is 11.6 Å². The summed E-state index contributed by atoms with van der Waals surface area (Å²) in [6, 6.07) is 14.7. The lowest BCUT2D eigenvalue weighted by Gasteiger charge is -2.42. The maximum atomic E-state index is 13.5. The zero-order valence-corrected chi connectivity index (χ0v) is 18.6. The lowest BCUT2D eigenvalue weighted by atomic mass is 9.96. The van der Waals surface area contributed by atoms with Crippen molar-refractivity contribution in [3.8, 4) is 0 Å². The molecule has 0 radical (unpaired) electrons. The molecular weight excluding hydrogens is 430 g/mol. The highest BCUT2D eigenvalue weighted by molar-refractivity contribution is 7.99. The Morgan fingerprint density at radius 2 is 1.28 bits per heavy atom. The molecule has 0 bridgehead atoms. The molecule has 2 heterocycles. The summed E-state index contributed by atoms with van der Waals surface area (Å²) in [4.78, 5) is 13.1. The number of nitrogens with zero attached hydrogens (tertiary/aromatic N) is 4. The molecule has 3 aromatic rings. The van der Waals surface area contributed by atoms with Crippen LogP contribution < -0.4 is 0 Å². The van der Waals surface area contributed by atoms with Gasteiger partial charge in [-0.2, -0.15) is 0 Å². The third-order valence-corrected chi connectivity index (χ3v) is 6.98. The van der Waals surface area contributed by atoms with Crippen molar-refractivity contribution in [1.29, 1.82) is 0 Å². The minimum atomic E-state index is -0.555. The Balaban J connectivity index is 1.51. The SMILES string of the molecule is CC(O)C(Sc1ncccn1)N1CCN(C(c2ccc(F)cc2)c2ccc(F)cc2)CC1. The van der Waals surface area contributed by atoms with Crippen molar-refractivity contribution < 1.29 is 13.9 Å². The molecule has 1 saturated heterocycles. The second-order valence-electron chi connectivity index (χ2n) is 7.86. The summed E-state index contributed by atoms with van der Waals surface area (Å²) < 4.78 is 27.1. The highest BCUT2D eigenvalue weighted by Crippen LogP contribution is 2.32. The van der Waals surface area contributed by atoms with Gasteiger partial charge in [0.25, 0.3) is 0 Å². The molecule has 168 valence electrons. The molecule has 2 atom stereocenters. The number of aliphatic hydroxyl groups excluding tert-OH is 1. The molecule has 1 aliphatic heterocycles. The Morgan fingerprint density at radius 3 is 1.75 bits per heavy atom. The van der Waals surface area contributed by atoms with Crippen LogP contribution in [-0.4, -0.2) is 62.5 Å². The number of benzene rings is 2. The number of hydrogen-bond acceptors (Lipinski definition) is 6. The first-order valence-electron chi connectivity index (χ1n) is 10.6. The van der Waals surface area contributed by atoms with Crippen LogP contribution in [0.25, 0.3) is 0 Å². The minimum Gasteiger partial charge on any atom is -0.391 e. The zero-order chi connectivity index (χ0) is 22.5. The van der Waals surface area contributed by atoms with Crippen LogP contribution in [0, 0.1) is 11.6 Å². The van der Waals surface area contributed by atoms with Crippen molar-refractivity contribution >= 4 is 11.8 Å². The van der Waals surface area contributed by atoms with Crippen molar-refractivity contribution in [2.24, 2.45) is 0 Å². The summed E-state index contributed by atoms with van der Waals surface area (Å²) in [6.45, 7) is 4.77. The van der Waals surface area contributed by atoms with Crippen molar-refractivity contribution in [3.05, 3.63) is 89.8 Å². The fraction of sp³-hybridized carbons (Fsp3) is 0.333. The average Bonchev–Trinajstić information content (AvgIpc) is 2.81. The molecular formula is C24H26F2N4OS. The predicted molar refractivity (Wildman–Crippen MR) is 121 cm³/mol. The van der Waals surface area contributed by atoms with Gasteiger partial charge in [-0.05, 0) is 48.4 Å². The van der Waals surface area contributed by atoms with Gasteiger partial charge in [0.05, 0.1) is 17.5 Å². The molecule has 5 nitrogen and oxygen atoms in total. The number of piperazine rings is 1. The van der Waals surface area contributed by atoms with Gasteiger partial charge in [-0.15, -0.1) is 0 Å². The molecule has 0 aliphatic carbocycles. The summed E-state index contributed by atoms with van der Waals surface area (Å²) in [5.41, 5.74) is 1.93. The predicted octanol–water partition coefficient (Wildman–Crippen LogP) is 3.96. The quantitative estimate of drug-likeness (QED) is 0.429. The Hall–Kier alpha value is -2.39. The largest absolute Gasteiger partial charge is 0.391 e. The molecule has 0 spiro atoms.